The molecule has 0 atom stereocenters. The smallest absolute Gasteiger partial charge is 0.335 e. The van der Waals surface area contributed by atoms with Crippen LogP contribution in [0.2, 0.25) is 5.02 Å². The molecule has 0 unspecified atom stereocenters. The van der Waals surface area contributed by atoms with Crippen LogP contribution >= 0.6 is 11.6 Å². The first-order valence-corrected chi connectivity index (χ1v) is 11.8. The number of barbiturate groups is 1. The van der Waals surface area contributed by atoms with E-state index in [1.807, 2.05) is 0 Å². The molecule has 4 rings (SSSR count). The minimum absolute atomic E-state index is 0.0155. The highest BCUT2D eigenvalue weighted by atomic mass is 35.5. The first-order valence-electron chi connectivity index (χ1n) is 11.4. The van der Waals surface area contributed by atoms with Gasteiger partial charge in [0.25, 0.3) is 17.7 Å². The average Bonchev–Trinajstić information content (AvgIpc) is 2.88. The number of carbonyl (C=O) groups is 4. The molecular weight excluding hydrogens is 517 g/mol. The molecule has 0 saturated carbocycles. The molecule has 1 fully saturated rings. The van der Waals surface area contributed by atoms with Gasteiger partial charge in [-0.3, -0.25) is 19.7 Å². The van der Waals surface area contributed by atoms with E-state index >= 15 is 0 Å². The molecule has 1 aliphatic heterocycles. The third-order valence-corrected chi connectivity index (χ3v) is 5.56. The maximum atomic E-state index is 13.7. The van der Waals surface area contributed by atoms with Gasteiger partial charge in [0.2, 0.25) is 0 Å². The summed E-state index contributed by atoms with van der Waals surface area (Å²) in [6.07, 6.45) is 1.28. The number of carbonyl (C=O) groups excluding carboxylic acids is 4. The molecule has 0 radical (unpaired) electrons. The second kappa shape index (κ2) is 11.6. The van der Waals surface area contributed by atoms with E-state index in [4.69, 9.17) is 21.1 Å². The summed E-state index contributed by atoms with van der Waals surface area (Å²) in [6, 6.07) is 15.6. The first kappa shape index (κ1) is 26.4. The molecule has 5 amide bonds. The zero-order valence-electron chi connectivity index (χ0n) is 20.0. The molecule has 11 heteroatoms. The van der Waals surface area contributed by atoms with Gasteiger partial charge in [-0.05, 0) is 55.0 Å². The van der Waals surface area contributed by atoms with Crippen molar-refractivity contribution in [2.24, 2.45) is 0 Å². The molecule has 0 spiro atoms. The summed E-state index contributed by atoms with van der Waals surface area (Å²) in [4.78, 5) is 51.0. The molecule has 1 saturated heterocycles. The molecule has 3 aromatic rings. The number of imide groups is 2. The number of hydrogen-bond donors (Lipinski definition) is 2. The Morgan fingerprint density at radius 2 is 1.84 bits per heavy atom. The molecule has 194 valence electrons. The van der Waals surface area contributed by atoms with Crippen molar-refractivity contribution in [1.82, 2.24) is 5.32 Å². The molecule has 1 heterocycles. The number of halogens is 2. The number of urea groups is 1. The van der Waals surface area contributed by atoms with Crippen LogP contribution in [-0.4, -0.2) is 37.0 Å². The van der Waals surface area contributed by atoms with E-state index in [1.54, 1.807) is 31.2 Å². The SMILES string of the molecule is CCOc1cccc(N2C(=O)NC(=O)/C(=C\c3ccc(OCC(=O)Nc4ccccc4F)c(Cl)c3)C2=O)c1. The van der Waals surface area contributed by atoms with Gasteiger partial charge in [-0.15, -0.1) is 0 Å². The van der Waals surface area contributed by atoms with Crippen molar-refractivity contribution in [3.05, 3.63) is 88.7 Å². The van der Waals surface area contributed by atoms with Gasteiger partial charge in [-0.25, -0.2) is 14.1 Å². The normalized spacial score (nSPS) is 14.3. The van der Waals surface area contributed by atoms with Crippen molar-refractivity contribution >= 4 is 52.8 Å². The number of ether oxygens (including phenoxy) is 2. The third-order valence-electron chi connectivity index (χ3n) is 5.26. The third kappa shape index (κ3) is 5.98. The van der Waals surface area contributed by atoms with Crippen molar-refractivity contribution in [2.75, 3.05) is 23.4 Å². The highest BCUT2D eigenvalue weighted by molar-refractivity contribution is 6.39. The van der Waals surface area contributed by atoms with Crippen LogP contribution in [0, 0.1) is 5.82 Å². The molecule has 2 N–H and O–H groups in total. The van der Waals surface area contributed by atoms with Crippen LogP contribution in [0.5, 0.6) is 11.5 Å². The minimum Gasteiger partial charge on any atom is -0.494 e. The van der Waals surface area contributed by atoms with Gasteiger partial charge in [-0.1, -0.05) is 35.9 Å². The molecule has 0 bridgehead atoms. The number of hydrogen-bond acceptors (Lipinski definition) is 6. The first-order chi connectivity index (χ1) is 18.3. The molecule has 0 aromatic heterocycles. The number of anilines is 2. The average molecular weight is 538 g/mol. The number of benzene rings is 3. The maximum absolute atomic E-state index is 13.7. The largest absolute Gasteiger partial charge is 0.494 e. The van der Waals surface area contributed by atoms with Crippen molar-refractivity contribution < 1.29 is 33.0 Å². The van der Waals surface area contributed by atoms with Crippen LogP contribution in [0.1, 0.15) is 12.5 Å². The Bertz CT molecular complexity index is 1460. The molecule has 9 nitrogen and oxygen atoms in total. The summed E-state index contributed by atoms with van der Waals surface area (Å²) >= 11 is 6.27. The lowest BCUT2D eigenvalue weighted by Gasteiger charge is -2.26. The Morgan fingerprint density at radius 3 is 2.58 bits per heavy atom. The molecular formula is C27H21ClFN3O6. The fourth-order valence-electron chi connectivity index (χ4n) is 3.55. The highest BCUT2D eigenvalue weighted by Crippen LogP contribution is 2.29. The van der Waals surface area contributed by atoms with E-state index in [0.717, 1.165) is 4.90 Å². The van der Waals surface area contributed by atoms with Crippen LogP contribution in [0.4, 0.5) is 20.6 Å². The number of nitrogens with one attached hydrogen (secondary N) is 2. The Kier molecular flexibility index (Phi) is 8.03. The summed E-state index contributed by atoms with van der Waals surface area (Å²) in [5, 5.41) is 4.64. The second-order valence-corrected chi connectivity index (χ2v) is 8.30. The Hall–Kier alpha value is -4.70. The second-order valence-electron chi connectivity index (χ2n) is 7.89. The topological polar surface area (TPSA) is 114 Å². The predicted octanol–water partition coefficient (Wildman–Crippen LogP) is 4.56. The number of para-hydroxylation sites is 1. The number of rotatable bonds is 8. The highest BCUT2D eigenvalue weighted by Gasteiger charge is 2.37. The standard InChI is InChI=1S/C27H21ClFN3O6/c1-2-37-18-7-5-6-17(14-18)32-26(35)19(25(34)31-27(32)36)12-16-10-11-23(20(28)13-16)38-15-24(33)30-22-9-4-3-8-21(22)29/h3-14H,2,15H2,1H3,(H,30,33)(H,31,34,36)/b19-12+. The van der Waals surface area contributed by atoms with Gasteiger partial charge in [0.1, 0.15) is 22.9 Å². The van der Waals surface area contributed by atoms with E-state index in [9.17, 15) is 23.6 Å². The Balaban J connectivity index is 1.49. The fourth-order valence-corrected chi connectivity index (χ4v) is 3.80. The summed E-state index contributed by atoms with van der Waals surface area (Å²) in [6.45, 7) is 1.75. The van der Waals surface area contributed by atoms with Gasteiger partial charge in [0.05, 0.1) is 23.0 Å². The van der Waals surface area contributed by atoms with Crippen LogP contribution in [0.25, 0.3) is 6.08 Å². The summed E-state index contributed by atoms with van der Waals surface area (Å²) in [5.74, 6) is -2.26. The molecule has 1 aliphatic rings. The Morgan fingerprint density at radius 1 is 1.05 bits per heavy atom. The van der Waals surface area contributed by atoms with Gasteiger partial charge >= 0.3 is 6.03 Å². The van der Waals surface area contributed by atoms with E-state index in [-0.39, 0.29) is 27.7 Å². The summed E-state index contributed by atoms with van der Waals surface area (Å²) < 4.78 is 24.5. The predicted molar refractivity (Wildman–Crippen MR) is 139 cm³/mol. The van der Waals surface area contributed by atoms with Crippen molar-refractivity contribution in [2.45, 2.75) is 6.92 Å². The summed E-state index contributed by atoms with van der Waals surface area (Å²) in [7, 11) is 0. The van der Waals surface area contributed by atoms with Gasteiger partial charge in [0, 0.05) is 6.07 Å². The van der Waals surface area contributed by atoms with Crippen LogP contribution in [0.3, 0.4) is 0 Å². The van der Waals surface area contributed by atoms with Gasteiger partial charge in [-0.2, -0.15) is 0 Å². The van der Waals surface area contributed by atoms with E-state index in [0.29, 0.717) is 17.9 Å². The zero-order chi connectivity index (χ0) is 27.2. The van der Waals surface area contributed by atoms with E-state index in [2.05, 4.69) is 10.6 Å². The lowest BCUT2D eigenvalue weighted by Crippen LogP contribution is -2.54. The molecule has 0 aliphatic carbocycles. The van der Waals surface area contributed by atoms with Crippen LogP contribution in [0.15, 0.2) is 72.3 Å². The zero-order valence-corrected chi connectivity index (χ0v) is 20.8. The summed E-state index contributed by atoms with van der Waals surface area (Å²) in [5.41, 5.74) is 0.323. The quantitative estimate of drug-likeness (QED) is 0.321. The molecule has 38 heavy (non-hydrogen) atoms. The Labute approximate surface area is 221 Å². The van der Waals surface area contributed by atoms with Gasteiger partial charge in [0.15, 0.2) is 6.61 Å². The maximum Gasteiger partial charge on any atom is 0.335 e. The van der Waals surface area contributed by atoms with Gasteiger partial charge < -0.3 is 14.8 Å². The molecule has 3 aromatic carbocycles. The fraction of sp³-hybridized carbons (Fsp3) is 0.111. The van der Waals surface area contributed by atoms with Crippen molar-refractivity contribution in [1.29, 1.82) is 0 Å². The monoisotopic (exact) mass is 537 g/mol. The minimum atomic E-state index is -0.888. The lowest BCUT2D eigenvalue weighted by molar-refractivity contribution is -0.122. The van der Waals surface area contributed by atoms with Crippen molar-refractivity contribution in [3.8, 4) is 11.5 Å². The number of nitrogens with zero attached hydrogens (tertiary/aromatic N) is 1. The van der Waals surface area contributed by atoms with Crippen LogP contribution < -0.4 is 25.0 Å². The van der Waals surface area contributed by atoms with Crippen molar-refractivity contribution in [3.63, 3.8) is 0 Å². The number of amides is 5. The van der Waals surface area contributed by atoms with Crippen LogP contribution in [-0.2, 0) is 14.4 Å². The van der Waals surface area contributed by atoms with E-state index < -0.39 is 36.2 Å². The lowest BCUT2D eigenvalue weighted by atomic mass is 10.1. The van der Waals surface area contributed by atoms with E-state index in [1.165, 1.54) is 48.5 Å².